The van der Waals surface area contributed by atoms with Crippen molar-refractivity contribution in [3.05, 3.63) is 0 Å². The van der Waals surface area contributed by atoms with Crippen molar-refractivity contribution in [2.45, 2.75) is 64.1 Å². The van der Waals surface area contributed by atoms with Crippen LogP contribution in [0.4, 0.5) is 0 Å². The van der Waals surface area contributed by atoms with Crippen LogP contribution in [0, 0.1) is 5.92 Å². The van der Waals surface area contributed by atoms with Gasteiger partial charge in [-0.3, -0.25) is 9.59 Å². The summed E-state index contributed by atoms with van der Waals surface area (Å²) in [5, 5.41) is 11.7. The minimum Gasteiger partial charge on any atom is -0.480 e. The molecule has 24 heavy (non-hydrogen) atoms. The highest BCUT2D eigenvalue weighted by Gasteiger charge is 2.37. The fourth-order valence-electron chi connectivity index (χ4n) is 2.91. The van der Waals surface area contributed by atoms with Gasteiger partial charge in [-0.2, -0.15) is 0 Å². The molecule has 0 unspecified atom stereocenters. The maximum atomic E-state index is 12.5. The zero-order chi connectivity index (χ0) is 18.3. The third kappa shape index (κ3) is 5.45. The lowest BCUT2D eigenvalue weighted by atomic mass is 10.0. The number of carboxylic acid groups (broad SMARTS) is 1. The summed E-state index contributed by atoms with van der Waals surface area (Å²) in [7, 11) is 0. The van der Waals surface area contributed by atoms with Crippen LogP contribution in [0.3, 0.4) is 0 Å². The number of unbranched alkanes of at least 4 members (excludes halogenated alkanes) is 1. The summed E-state index contributed by atoms with van der Waals surface area (Å²) in [5.41, 5.74) is 11.4. The van der Waals surface area contributed by atoms with Crippen LogP contribution >= 0.6 is 0 Å². The molecule has 3 atom stereocenters. The van der Waals surface area contributed by atoms with E-state index in [1.807, 2.05) is 0 Å². The average Bonchev–Trinajstić information content (AvgIpc) is 3.00. The molecule has 2 amide bonds. The highest BCUT2D eigenvalue weighted by Crippen LogP contribution is 2.20. The van der Waals surface area contributed by atoms with Crippen LogP contribution in [0.2, 0.25) is 0 Å². The number of likely N-dealkylation sites (tertiary alicyclic amines) is 1. The van der Waals surface area contributed by atoms with Crippen molar-refractivity contribution in [2.24, 2.45) is 17.4 Å². The van der Waals surface area contributed by atoms with E-state index in [1.54, 1.807) is 13.8 Å². The molecular formula is C16H30N4O4. The molecule has 6 N–H and O–H groups in total. The van der Waals surface area contributed by atoms with E-state index in [2.05, 4.69) is 5.32 Å². The van der Waals surface area contributed by atoms with E-state index in [0.717, 1.165) is 12.8 Å². The number of nitrogens with two attached hydrogens (primary N) is 2. The second kappa shape index (κ2) is 9.58. The number of carbonyl (C=O) groups is 3. The number of nitrogens with zero attached hydrogens (tertiary/aromatic N) is 1. The monoisotopic (exact) mass is 342 g/mol. The first-order valence-corrected chi connectivity index (χ1v) is 8.58. The lowest BCUT2D eigenvalue weighted by molar-refractivity contribution is -0.145. The van der Waals surface area contributed by atoms with E-state index in [-0.39, 0.29) is 11.8 Å². The Kier molecular flexibility index (Phi) is 8.14. The summed E-state index contributed by atoms with van der Waals surface area (Å²) < 4.78 is 0. The number of rotatable bonds is 9. The smallest absolute Gasteiger partial charge is 0.326 e. The molecule has 1 rings (SSSR count). The van der Waals surface area contributed by atoms with E-state index >= 15 is 0 Å². The zero-order valence-corrected chi connectivity index (χ0v) is 14.5. The topological polar surface area (TPSA) is 139 Å². The predicted octanol–water partition coefficient (Wildman–Crippen LogP) is -0.341. The average molecular weight is 342 g/mol. The molecule has 8 nitrogen and oxygen atoms in total. The van der Waals surface area contributed by atoms with Gasteiger partial charge < -0.3 is 26.8 Å². The van der Waals surface area contributed by atoms with Crippen LogP contribution in [0.25, 0.3) is 0 Å². The molecule has 1 aliphatic rings. The van der Waals surface area contributed by atoms with E-state index in [9.17, 15) is 19.5 Å². The minimum absolute atomic E-state index is 0.240. The van der Waals surface area contributed by atoms with Crippen LogP contribution in [0.1, 0.15) is 46.0 Å². The molecule has 1 saturated heterocycles. The van der Waals surface area contributed by atoms with E-state index in [1.165, 1.54) is 4.90 Å². The fourth-order valence-corrected chi connectivity index (χ4v) is 2.91. The first-order chi connectivity index (χ1) is 11.3. The summed E-state index contributed by atoms with van der Waals surface area (Å²) in [5.74, 6) is -1.99. The van der Waals surface area contributed by atoms with Gasteiger partial charge in [-0.25, -0.2) is 4.79 Å². The molecule has 0 radical (unpaired) electrons. The summed E-state index contributed by atoms with van der Waals surface area (Å²) in [6.45, 7) is 4.48. The Morgan fingerprint density at radius 2 is 1.96 bits per heavy atom. The van der Waals surface area contributed by atoms with Gasteiger partial charge in [-0.1, -0.05) is 20.3 Å². The normalized spacial score (nSPS) is 20.0. The molecule has 1 heterocycles. The van der Waals surface area contributed by atoms with Crippen molar-refractivity contribution in [1.29, 1.82) is 0 Å². The Bertz CT molecular complexity index is 455. The summed E-state index contributed by atoms with van der Waals surface area (Å²) in [6.07, 6.45) is 3.34. The second-order valence-electron chi connectivity index (χ2n) is 6.65. The van der Waals surface area contributed by atoms with Crippen LogP contribution in [0.15, 0.2) is 0 Å². The van der Waals surface area contributed by atoms with Crippen molar-refractivity contribution >= 4 is 17.8 Å². The third-order valence-corrected chi connectivity index (χ3v) is 4.36. The quantitative estimate of drug-likeness (QED) is 0.423. The van der Waals surface area contributed by atoms with E-state index in [4.69, 9.17) is 11.5 Å². The number of hydrogen-bond acceptors (Lipinski definition) is 5. The molecule has 0 spiro atoms. The third-order valence-electron chi connectivity index (χ3n) is 4.36. The molecule has 0 bridgehead atoms. The number of nitrogens with one attached hydrogen (secondary N) is 1. The van der Waals surface area contributed by atoms with Crippen molar-refractivity contribution in [3.63, 3.8) is 0 Å². The van der Waals surface area contributed by atoms with Gasteiger partial charge in [-0.05, 0) is 38.1 Å². The maximum absolute atomic E-state index is 12.5. The van der Waals surface area contributed by atoms with Gasteiger partial charge in [0.25, 0.3) is 0 Å². The first kappa shape index (κ1) is 20.4. The summed E-state index contributed by atoms with van der Waals surface area (Å²) in [4.78, 5) is 37.6. The molecule has 0 saturated carbocycles. The molecule has 1 fully saturated rings. The van der Waals surface area contributed by atoms with Gasteiger partial charge in [0.05, 0.1) is 6.04 Å². The molecule has 0 aromatic rings. The number of amides is 2. The van der Waals surface area contributed by atoms with E-state index in [0.29, 0.717) is 32.4 Å². The summed E-state index contributed by atoms with van der Waals surface area (Å²) in [6, 6.07) is -2.25. The minimum atomic E-state index is -1.08. The highest BCUT2D eigenvalue weighted by atomic mass is 16.4. The predicted molar refractivity (Wildman–Crippen MR) is 90.0 cm³/mol. The van der Waals surface area contributed by atoms with Crippen molar-refractivity contribution in [3.8, 4) is 0 Å². The molecule has 0 aliphatic carbocycles. The number of hydrogen-bond donors (Lipinski definition) is 4. The highest BCUT2D eigenvalue weighted by molar-refractivity contribution is 5.92. The number of carboxylic acids is 1. The van der Waals surface area contributed by atoms with Crippen LogP contribution in [-0.4, -0.2) is 59.0 Å². The molecule has 8 heteroatoms. The Labute approximate surface area is 142 Å². The van der Waals surface area contributed by atoms with E-state index < -0.39 is 30.0 Å². The second-order valence-corrected chi connectivity index (χ2v) is 6.65. The van der Waals surface area contributed by atoms with Crippen LogP contribution in [0.5, 0.6) is 0 Å². The lowest BCUT2D eigenvalue weighted by Gasteiger charge is -2.28. The van der Waals surface area contributed by atoms with Crippen LogP contribution in [-0.2, 0) is 14.4 Å². The largest absolute Gasteiger partial charge is 0.480 e. The van der Waals surface area contributed by atoms with Crippen molar-refractivity contribution in [1.82, 2.24) is 10.2 Å². The standard InChI is InChI=1S/C16H30N4O4/c1-10(2)13(16(23)24)19-14(21)12-7-5-9-20(12)15(22)11(18)6-3-4-8-17/h10-13H,3-9,17-18H2,1-2H3,(H,19,21)(H,23,24)/t11-,12-,13-/m0/s1. The Hall–Kier alpha value is -1.67. The zero-order valence-electron chi connectivity index (χ0n) is 14.5. The Morgan fingerprint density at radius 3 is 2.50 bits per heavy atom. The lowest BCUT2D eigenvalue weighted by Crippen LogP contribution is -2.54. The van der Waals surface area contributed by atoms with Gasteiger partial charge in [0.15, 0.2) is 0 Å². The Morgan fingerprint density at radius 1 is 1.29 bits per heavy atom. The fraction of sp³-hybridized carbons (Fsp3) is 0.812. The van der Waals surface area contributed by atoms with Crippen LogP contribution < -0.4 is 16.8 Å². The molecule has 1 aliphatic heterocycles. The Balaban J connectivity index is 2.68. The summed E-state index contributed by atoms with van der Waals surface area (Å²) >= 11 is 0. The van der Waals surface area contributed by atoms with Gasteiger partial charge in [0.1, 0.15) is 12.1 Å². The molecular weight excluding hydrogens is 312 g/mol. The molecule has 0 aromatic heterocycles. The van der Waals surface area contributed by atoms with Gasteiger partial charge in [0.2, 0.25) is 11.8 Å². The number of carbonyl (C=O) groups excluding carboxylic acids is 2. The van der Waals surface area contributed by atoms with Gasteiger partial charge in [0, 0.05) is 6.54 Å². The number of aliphatic carboxylic acids is 1. The van der Waals surface area contributed by atoms with Crippen molar-refractivity contribution < 1.29 is 19.5 Å². The SMILES string of the molecule is CC(C)[C@H](NC(=O)[C@@H]1CCCN1C(=O)[C@@H](N)CCCCN)C(=O)O. The molecule has 138 valence electrons. The van der Waals surface area contributed by atoms with Gasteiger partial charge in [-0.15, -0.1) is 0 Å². The van der Waals surface area contributed by atoms with Gasteiger partial charge >= 0.3 is 5.97 Å². The van der Waals surface area contributed by atoms with Crippen molar-refractivity contribution in [2.75, 3.05) is 13.1 Å². The first-order valence-electron chi connectivity index (χ1n) is 8.58. The molecule has 0 aromatic carbocycles. The maximum Gasteiger partial charge on any atom is 0.326 e.